The van der Waals surface area contributed by atoms with Crippen LogP contribution in [0, 0.1) is 11.7 Å². The van der Waals surface area contributed by atoms with Crippen molar-refractivity contribution in [3.63, 3.8) is 0 Å². The summed E-state index contributed by atoms with van der Waals surface area (Å²) in [6, 6.07) is 4.07. The van der Waals surface area contributed by atoms with E-state index in [4.69, 9.17) is 5.73 Å². The number of nitrogens with two attached hydrogens (primary N) is 1. The molecule has 1 saturated carbocycles. The highest BCUT2D eigenvalue weighted by molar-refractivity contribution is 5.97. The van der Waals surface area contributed by atoms with Crippen LogP contribution in [0.2, 0.25) is 0 Å². The number of benzene rings is 1. The molecule has 2 atom stereocenters. The molecule has 5 nitrogen and oxygen atoms in total. The zero-order valence-corrected chi connectivity index (χ0v) is 12.2. The number of carbonyl (C=O) groups excluding carboxylic acids is 2. The van der Waals surface area contributed by atoms with Crippen molar-refractivity contribution in [2.45, 2.75) is 25.3 Å². The van der Waals surface area contributed by atoms with Gasteiger partial charge in [-0.05, 0) is 37.5 Å². The Kier molecular flexibility index (Phi) is 4.57. The van der Waals surface area contributed by atoms with Crippen LogP contribution in [-0.2, 0) is 4.79 Å². The molecule has 0 radical (unpaired) electrons. The maximum absolute atomic E-state index is 13.7. The SMILES string of the molecule is CN(C)C(=O)c1cc(NC(=O)C2CCC(N)C2)ccc1F. The van der Waals surface area contributed by atoms with Gasteiger partial charge in [-0.25, -0.2) is 4.39 Å². The van der Waals surface area contributed by atoms with E-state index in [1.165, 1.54) is 23.1 Å². The van der Waals surface area contributed by atoms with Crippen molar-refractivity contribution < 1.29 is 14.0 Å². The van der Waals surface area contributed by atoms with Crippen LogP contribution in [0.1, 0.15) is 29.6 Å². The normalized spacial score (nSPS) is 21.1. The van der Waals surface area contributed by atoms with E-state index in [0.717, 1.165) is 12.8 Å². The Bertz CT molecular complexity index is 560. The van der Waals surface area contributed by atoms with Gasteiger partial charge in [0.2, 0.25) is 5.91 Å². The summed E-state index contributed by atoms with van der Waals surface area (Å²) >= 11 is 0. The molecule has 2 unspecified atom stereocenters. The second-order valence-corrected chi connectivity index (χ2v) is 5.65. The molecule has 0 aromatic heterocycles. The number of anilines is 1. The monoisotopic (exact) mass is 293 g/mol. The number of amides is 2. The van der Waals surface area contributed by atoms with Crippen LogP contribution in [0.5, 0.6) is 0 Å². The first-order chi connectivity index (χ1) is 9.88. The number of nitrogens with zero attached hydrogens (tertiary/aromatic N) is 1. The molecule has 3 N–H and O–H groups in total. The highest BCUT2D eigenvalue weighted by atomic mass is 19.1. The molecule has 1 aromatic carbocycles. The van der Waals surface area contributed by atoms with E-state index in [1.807, 2.05) is 0 Å². The molecule has 0 aliphatic heterocycles. The Labute approximate surface area is 123 Å². The lowest BCUT2D eigenvalue weighted by molar-refractivity contribution is -0.119. The molecule has 21 heavy (non-hydrogen) atoms. The van der Waals surface area contributed by atoms with Gasteiger partial charge in [0.15, 0.2) is 0 Å². The summed E-state index contributed by atoms with van der Waals surface area (Å²) in [7, 11) is 3.10. The molecule has 0 saturated heterocycles. The van der Waals surface area contributed by atoms with Crippen molar-refractivity contribution in [3.05, 3.63) is 29.6 Å². The predicted octanol–water partition coefficient (Wildman–Crippen LogP) is 1.59. The van der Waals surface area contributed by atoms with Gasteiger partial charge in [-0.1, -0.05) is 0 Å². The van der Waals surface area contributed by atoms with E-state index in [1.54, 1.807) is 14.1 Å². The number of nitrogens with one attached hydrogen (secondary N) is 1. The highest BCUT2D eigenvalue weighted by Gasteiger charge is 2.28. The molecule has 6 heteroatoms. The number of hydrogen-bond acceptors (Lipinski definition) is 3. The third kappa shape index (κ3) is 3.58. The molecular weight excluding hydrogens is 273 g/mol. The van der Waals surface area contributed by atoms with Gasteiger partial charge >= 0.3 is 0 Å². The summed E-state index contributed by atoms with van der Waals surface area (Å²) < 4.78 is 13.7. The molecule has 0 spiro atoms. The standard InChI is InChI=1S/C15H20FN3O2/c1-19(2)15(21)12-8-11(5-6-13(12)16)18-14(20)9-3-4-10(17)7-9/h5-6,8-10H,3-4,7,17H2,1-2H3,(H,18,20). The largest absolute Gasteiger partial charge is 0.345 e. The summed E-state index contributed by atoms with van der Waals surface area (Å²) in [6.45, 7) is 0. The summed E-state index contributed by atoms with van der Waals surface area (Å²) in [6.07, 6.45) is 2.26. The minimum atomic E-state index is -0.602. The van der Waals surface area contributed by atoms with Crippen molar-refractivity contribution in [1.29, 1.82) is 0 Å². The Morgan fingerprint density at radius 1 is 1.33 bits per heavy atom. The van der Waals surface area contributed by atoms with Crippen LogP contribution in [-0.4, -0.2) is 36.9 Å². The lowest BCUT2D eigenvalue weighted by atomic mass is 10.1. The van der Waals surface area contributed by atoms with Crippen LogP contribution in [0.3, 0.4) is 0 Å². The number of halogens is 1. The van der Waals surface area contributed by atoms with E-state index >= 15 is 0 Å². The van der Waals surface area contributed by atoms with Crippen molar-refractivity contribution in [3.8, 4) is 0 Å². The summed E-state index contributed by atoms with van der Waals surface area (Å²) in [5.74, 6) is -1.28. The highest BCUT2D eigenvalue weighted by Crippen LogP contribution is 2.26. The fourth-order valence-corrected chi connectivity index (χ4v) is 2.51. The third-order valence-electron chi connectivity index (χ3n) is 3.71. The fraction of sp³-hybridized carbons (Fsp3) is 0.467. The Morgan fingerprint density at radius 2 is 2.05 bits per heavy atom. The van der Waals surface area contributed by atoms with Crippen LogP contribution in [0.4, 0.5) is 10.1 Å². The zero-order chi connectivity index (χ0) is 15.6. The summed E-state index contributed by atoms with van der Waals surface area (Å²) in [5, 5.41) is 2.73. The topological polar surface area (TPSA) is 75.4 Å². The number of rotatable bonds is 3. The smallest absolute Gasteiger partial charge is 0.256 e. The van der Waals surface area contributed by atoms with E-state index in [-0.39, 0.29) is 23.4 Å². The molecule has 0 bridgehead atoms. The van der Waals surface area contributed by atoms with E-state index in [9.17, 15) is 14.0 Å². The van der Waals surface area contributed by atoms with Gasteiger partial charge in [0.1, 0.15) is 5.82 Å². The van der Waals surface area contributed by atoms with Crippen LogP contribution in [0.25, 0.3) is 0 Å². The van der Waals surface area contributed by atoms with Gasteiger partial charge < -0.3 is 16.0 Å². The van der Waals surface area contributed by atoms with Gasteiger partial charge in [-0.3, -0.25) is 9.59 Å². The van der Waals surface area contributed by atoms with Crippen molar-refractivity contribution >= 4 is 17.5 Å². The summed E-state index contributed by atoms with van der Waals surface area (Å²) in [5.41, 5.74) is 6.16. The predicted molar refractivity (Wildman–Crippen MR) is 78.4 cm³/mol. The van der Waals surface area contributed by atoms with Gasteiger partial charge in [-0.15, -0.1) is 0 Å². The first kappa shape index (κ1) is 15.4. The minimum absolute atomic E-state index is 0.0547. The van der Waals surface area contributed by atoms with Gasteiger partial charge in [-0.2, -0.15) is 0 Å². The number of hydrogen-bond donors (Lipinski definition) is 2. The van der Waals surface area contributed by atoms with Crippen LogP contribution < -0.4 is 11.1 Å². The zero-order valence-electron chi connectivity index (χ0n) is 12.2. The maximum Gasteiger partial charge on any atom is 0.256 e. The van der Waals surface area contributed by atoms with E-state index < -0.39 is 11.7 Å². The first-order valence-electron chi connectivity index (χ1n) is 6.96. The van der Waals surface area contributed by atoms with E-state index in [2.05, 4.69) is 5.32 Å². The molecule has 2 amide bonds. The van der Waals surface area contributed by atoms with E-state index in [0.29, 0.717) is 12.1 Å². The maximum atomic E-state index is 13.7. The second-order valence-electron chi connectivity index (χ2n) is 5.65. The first-order valence-corrected chi connectivity index (χ1v) is 6.96. The number of carbonyl (C=O) groups is 2. The molecule has 0 heterocycles. The Morgan fingerprint density at radius 3 is 2.62 bits per heavy atom. The Balaban J connectivity index is 2.12. The van der Waals surface area contributed by atoms with Gasteiger partial charge in [0.25, 0.3) is 5.91 Å². The van der Waals surface area contributed by atoms with Crippen molar-refractivity contribution in [2.24, 2.45) is 11.7 Å². The molecule has 2 rings (SSSR count). The molecule has 1 fully saturated rings. The van der Waals surface area contributed by atoms with Crippen molar-refractivity contribution in [2.75, 3.05) is 19.4 Å². The molecule has 1 aliphatic rings. The summed E-state index contributed by atoms with van der Waals surface area (Å²) in [4.78, 5) is 25.3. The van der Waals surface area contributed by atoms with Crippen molar-refractivity contribution in [1.82, 2.24) is 4.90 Å². The lowest BCUT2D eigenvalue weighted by Gasteiger charge is -2.14. The molecular formula is C15H20FN3O2. The second kappa shape index (κ2) is 6.22. The average Bonchev–Trinajstić information content (AvgIpc) is 2.86. The average molecular weight is 293 g/mol. The molecule has 114 valence electrons. The van der Waals surface area contributed by atoms with Crippen LogP contribution in [0.15, 0.2) is 18.2 Å². The van der Waals surface area contributed by atoms with Crippen LogP contribution >= 0.6 is 0 Å². The third-order valence-corrected chi connectivity index (χ3v) is 3.71. The lowest BCUT2D eigenvalue weighted by Crippen LogP contribution is -2.25. The quantitative estimate of drug-likeness (QED) is 0.888. The van der Waals surface area contributed by atoms with Gasteiger partial charge in [0.05, 0.1) is 5.56 Å². The molecule has 1 aliphatic carbocycles. The fourth-order valence-electron chi connectivity index (χ4n) is 2.51. The minimum Gasteiger partial charge on any atom is -0.345 e. The molecule has 1 aromatic rings. The Hall–Kier alpha value is -1.95. The van der Waals surface area contributed by atoms with Gasteiger partial charge in [0, 0.05) is 31.7 Å².